The average Bonchev–Trinajstić information content (AvgIpc) is 2.79. The molecule has 0 aliphatic rings. The Labute approximate surface area is 185 Å². The van der Waals surface area contributed by atoms with Crippen LogP contribution in [0.15, 0.2) is 48.5 Å². The van der Waals surface area contributed by atoms with Gasteiger partial charge in [-0.2, -0.15) is 0 Å². The maximum absolute atomic E-state index is 13.5. The van der Waals surface area contributed by atoms with Gasteiger partial charge in [-0.05, 0) is 42.8 Å². The third-order valence-electron chi connectivity index (χ3n) is 4.90. The van der Waals surface area contributed by atoms with Crippen LogP contribution in [0.25, 0.3) is 10.9 Å². The summed E-state index contributed by atoms with van der Waals surface area (Å²) in [6, 6.07) is 13.0. The second-order valence-corrected chi connectivity index (χ2v) is 7.30. The largest absolute Gasteiger partial charge is 0.473 e. The Kier molecular flexibility index (Phi) is 7.72. The van der Waals surface area contributed by atoms with Gasteiger partial charge in [0, 0.05) is 17.5 Å². The maximum atomic E-state index is 13.5. The van der Waals surface area contributed by atoms with Crippen LogP contribution in [0.2, 0.25) is 0 Å². The van der Waals surface area contributed by atoms with Crippen molar-refractivity contribution >= 4 is 22.8 Å². The van der Waals surface area contributed by atoms with E-state index < -0.39 is 18.0 Å². The van der Waals surface area contributed by atoms with Crippen molar-refractivity contribution in [1.82, 2.24) is 10.3 Å². The summed E-state index contributed by atoms with van der Waals surface area (Å²) >= 11 is 0. The number of pyridine rings is 1. The first-order valence-electron chi connectivity index (χ1n) is 10.0. The van der Waals surface area contributed by atoms with E-state index in [0.717, 1.165) is 16.5 Å². The molecular weight excluding hydrogens is 415 g/mol. The highest BCUT2D eigenvalue weighted by atomic mass is 19.1. The Hall–Kier alpha value is -3.52. The van der Waals surface area contributed by atoms with E-state index in [1.165, 1.54) is 26.4 Å². The number of ether oxygens (including phenoxy) is 3. The van der Waals surface area contributed by atoms with E-state index in [1.807, 2.05) is 31.2 Å². The second-order valence-electron chi connectivity index (χ2n) is 7.30. The molecule has 1 N–H and O–H groups in total. The van der Waals surface area contributed by atoms with Gasteiger partial charge < -0.3 is 14.2 Å². The van der Waals surface area contributed by atoms with Crippen molar-refractivity contribution in [3.05, 3.63) is 71.0 Å². The summed E-state index contributed by atoms with van der Waals surface area (Å²) in [4.78, 5) is 28.4. The van der Waals surface area contributed by atoms with Crippen molar-refractivity contribution in [2.75, 3.05) is 14.2 Å². The molecule has 0 saturated carbocycles. The number of hydrogen-bond donors (Lipinski definition) is 1. The van der Waals surface area contributed by atoms with Crippen molar-refractivity contribution in [3.63, 3.8) is 0 Å². The van der Waals surface area contributed by atoms with Gasteiger partial charge in [-0.3, -0.25) is 14.9 Å². The molecule has 0 fully saturated rings. The molecule has 0 bridgehead atoms. The molecule has 7 nitrogen and oxygen atoms in total. The van der Waals surface area contributed by atoms with Gasteiger partial charge in [0.15, 0.2) is 0 Å². The number of fused-ring (bicyclic) bond motifs is 1. The van der Waals surface area contributed by atoms with Crippen molar-refractivity contribution in [2.24, 2.45) is 0 Å². The zero-order valence-electron chi connectivity index (χ0n) is 18.2. The number of hydrogen-bond acceptors (Lipinski definition) is 7. The molecule has 32 heavy (non-hydrogen) atoms. The number of nitrogens with one attached hydrogen (secondary N) is 1. The van der Waals surface area contributed by atoms with Crippen LogP contribution in [0.4, 0.5) is 4.39 Å². The van der Waals surface area contributed by atoms with Crippen molar-refractivity contribution in [1.29, 1.82) is 0 Å². The standard InChI is InChI=1S/C24H25FN2O5/c1-15-7-8-20-17(9-15)11-18(13-26-21(24(29)31-3)12-22(28)30-2)23(27-20)32-14-16-5-4-6-19(25)10-16/h4-11,21,26H,12-14H2,1-3H3. The van der Waals surface area contributed by atoms with Gasteiger partial charge in [-0.1, -0.05) is 23.8 Å². The summed E-state index contributed by atoms with van der Waals surface area (Å²) in [6.45, 7) is 2.29. The van der Waals surface area contributed by atoms with Crippen LogP contribution in [0.3, 0.4) is 0 Å². The van der Waals surface area contributed by atoms with Gasteiger partial charge in [0.25, 0.3) is 0 Å². The molecule has 3 rings (SSSR count). The molecule has 0 radical (unpaired) electrons. The summed E-state index contributed by atoms with van der Waals surface area (Å²) in [5.41, 5.74) is 3.16. The Balaban J connectivity index is 1.87. The zero-order valence-corrected chi connectivity index (χ0v) is 18.2. The SMILES string of the molecule is COC(=O)CC(NCc1cc2cc(C)ccc2nc1OCc1cccc(F)c1)C(=O)OC. The third-order valence-corrected chi connectivity index (χ3v) is 4.90. The van der Waals surface area contributed by atoms with Gasteiger partial charge in [-0.25, -0.2) is 9.37 Å². The van der Waals surface area contributed by atoms with E-state index >= 15 is 0 Å². The summed E-state index contributed by atoms with van der Waals surface area (Å²) < 4.78 is 28.9. The van der Waals surface area contributed by atoms with Crippen LogP contribution in [-0.2, 0) is 32.2 Å². The molecular formula is C24H25FN2O5. The molecule has 1 aromatic heterocycles. The summed E-state index contributed by atoms with van der Waals surface area (Å²) in [5.74, 6) is -1.12. The molecule has 0 aliphatic heterocycles. The smallest absolute Gasteiger partial charge is 0.323 e. The van der Waals surface area contributed by atoms with Crippen molar-refractivity contribution in [3.8, 4) is 5.88 Å². The lowest BCUT2D eigenvalue weighted by Gasteiger charge is -2.17. The van der Waals surface area contributed by atoms with E-state index in [1.54, 1.807) is 12.1 Å². The molecule has 168 valence electrons. The highest BCUT2D eigenvalue weighted by Gasteiger charge is 2.23. The third kappa shape index (κ3) is 6.01. The van der Waals surface area contributed by atoms with E-state index in [-0.39, 0.29) is 25.4 Å². The second kappa shape index (κ2) is 10.7. The van der Waals surface area contributed by atoms with Crippen LogP contribution >= 0.6 is 0 Å². The van der Waals surface area contributed by atoms with E-state index in [2.05, 4.69) is 15.0 Å². The highest BCUT2D eigenvalue weighted by Crippen LogP contribution is 2.24. The molecule has 0 amide bonds. The molecule has 1 heterocycles. The monoisotopic (exact) mass is 440 g/mol. The molecule has 0 saturated heterocycles. The number of aromatic nitrogens is 1. The molecule has 2 aromatic carbocycles. The topological polar surface area (TPSA) is 86.8 Å². The lowest BCUT2D eigenvalue weighted by Crippen LogP contribution is -2.39. The number of nitrogens with zero attached hydrogens (tertiary/aromatic N) is 1. The highest BCUT2D eigenvalue weighted by molar-refractivity contribution is 5.83. The van der Waals surface area contributed by atoms with E-state index in [0.29, 0.717) is 17.0 Å². The predicted octanol–water partition coefficient (Wildman–Crippen LogP) is 3.46. The van der Waals surface area contributed by atoms with Crippen LogP contribution in [0.1, 0.15) is 23.1 Å². The van der Waals surface area contributed by atoms with Crippen LogP contribution in [0, 0.1) is 12.7 Å². The van der Waals surface area contributed by atoms with Crippen LogP contribution in [0.5, 0.6) is 5.88 Å². The maximum Gasteiger partial charge on any atom is 0.323 e. The van der Waals surface area contributed by atoms with E-state index in [9.17, 15) is 14.0 Å². The molecule has 1 atom stereocenters. The Bertz CT molecular complexity index is 1120. The van der Waals surface area contributed by atoms with Crippen LogP contribution in [-0.4, -0.2) is 37.2 Å². The minimum atomic E-state index is -0.892. The molecule has 0 aliphatic carbocycles. The molecule has 8 heteroatoms. The normalized spacial score (nSPS) is 11.8. The van der Waals surface area contributed by atoms with Gasteiger partial charge in [-0.15, -0.1) is 0 Å². The quantitative estimate of drug-likeness (QED) is 0.510. The fourth-order valence-corrected chi connectivity index (χ4v) is 3.22. The van der Waals surface area contributed by atoms with Gasteiger partial charge in [0.1, 0.15) is 18.5 Å². The van der Waals surface area contributed by atoms with Crippen molar-refractivity contribution in [2.45, 2.75) is 32.5 Å². The van der Waals surface area contributed by atoms with Gasteiger partial charge >= 0.3 is 11.9 Å². The minimum Gasteiger partial charge on any atom is -0.473 e. The van der Waals surface area contributed by atoms with Crippen LogP contribution < -0.4 is 10.1 Å². The molecule has 3 aromatic rings. The predicted molar refractivity (Wildman–Crippen MR) is 116 cm³/mol. The van der Waals surface area contributed by atoms with Gasteiger partial charge in [0.05, 0.1) is 26.2 Å². The number of carbonyl (C=O) groups excluding carboxylic acids is 2. The fraction of sp³-hybridized carbons (Fsp3) is 0.292. The Morgan fingerprint density at radius 1 is 1.09 bits per heavy atom. The lowest BCUT2D eigenvalue weighted by molar-refractivity contribution is -0.149. The lowest BCUT2D eigenvalue weighted by atomic mass is 10.1. The first kappa shape index (κ1) is 23.1. The van der Waals surface area contributed by atoms with E-state index in [4.69, 9.17) is 9.47 Å². The Morgan fingerprint density at radius 3 is 2.62 bits per heavy atom. The number of aryl methyl sites for hydroxylation is 1. The first-order chi connectivity index (χ1) is 15.4. The van der Waals surface area contributed by atoms with Crippen molar-refractivity contribution < 1.29 is 28.2 Å². The number of halogens is 1. The summed E-state index contributed by atoms with van der Waals surface area (Å²) in [6.07, 6.45) is -0.178. The zero-order chi connectivity index (χ0) is 23.1. The molecule has 0 spiro atoms. The minimum absolute atomic E-state index is 0.123. The number of rotatable bonds is 9. The number of esters is 2. The number of methoxy groups -OCH3 is 2. The number of carbonyl (C=O) groups is 2. The Morgan fingerprint density at radius 2 is 1.91 bits per heavy atom. The van der Waals surface area contributed by atoms with Gasteiger partial charge in [0.2, 0.25) is 5.88 Å². The summed E-state index contributed by atoms with van der Waals surface area (Å²) in [7, 11) is 2.51. The fourth-order valence-electron chi connectivity index (χ4n) is 3.22. The number of benzene rings is 2. The molecule has 1 unspecified atom stereocenters. The first-order valence-corrected chi connectivity index (χ1v) is 10.0. The average molecular weight is 440 g/mol. The summed E-state index contributed by atoms with van der Waals surface area (Å²) in [5, 5.41) is 3.93.